The van der Waals surface area contributed by atoms with Gasteiger partial charge in [-0.15, -0.1) is 10.2 Å². The molecule has 34 heavy (non-hydrogen) atoms. The second-order valence-corrected chi connectivity index (χ2v) is 8.02. The van der Waals surface area contributed by atoms with Gasteiger partial charge >= 0.3 is 11.5 Å². The maximum atomic E-state index is 13.3. The number of benzene rings is 2. The molecule has 0 aliphatic carbocycles. The minimum atomic E-state index is -0.402. The van der Waals surface area contributed by atoms with Crippen LogP contribution in [0.25, 0.3) is 0 Å². The zero-order valence-corrected chi connectivity index (χ0v) is 19.5. The summed E-state index contributed by atoms with van der Waals surface area (Å²) in [5, 5.41) is 11.9. The third-order valence-corrected chi connectivity index (χ3v) is 5.78. The highest BCUT2D eigenvalue weighted by molar-refractivity contribution is 7.98. The Morgan fingerprint density at radius 3 is 2.53 bits per heavy atom. The van der Waals surface area contributed by atoms with Crippen LogP contribution in [0.5, 0.6) is 5.75 Å². The van der Waals surface area contributed by atoms with Crippen molar-refractivity contribution in [3.05, 3.63) is 94.5 Å². The minimum Gasteiger partial charge on any atom is -0.497 e. The van der Waals surface area contributed by atoms with Gasteiger partial charge in [-0.05, 0) is 61.0 Å². The normalized spacial score (nSPS) is 10.6. The highest BCUT2D eigenvalue weighted by atomic mass is 32.2. The molecule has 10 heteroatoms. The lowest BCUT2D eigenvalue weighted by Crippen LogP contribution is -2.30. The minimum absolute atomic E-state index is 0.0586. The van der Waals surface area contributed by atoms with Gasteiger partial charge in [0.05, 0.1) is 19.3 Å². The number of nitrogens with zero attached hydrogens (tertiary/aromatic N) is 4. The van der Waals surface area contributed by atoms with Crippen molar-refractivity contribution in [2.75, 3.05) is 19.0 Å². The summed E-state index contributed by atoms with van der Waals surface area (Å²) in [5.41, 5.74) is 1.68. The fourth-order valence-corrected chi connectivity index (χ4v) is 4.02. The highest BCUT2D eigenvalue weighted by Crippen LogP contribution is 2.23. The number of carbonyl (C=O) groups is 1. The first kappa shape index (κ1) is 23.1. The number of methoxy groups -OCH3 is 1. The van der Waals surface area contributed by atoms with E-state index in [1.54, 1.807) is 55.4 Å². The lowest BCUT2D eigenvalue weighted by Gasteiger charge is -2.14. The van der Waals surface area contributed by atoms with Gasteiger partial charge in [-0.3, -0.25) is 9.47 Å². The van der Waals surface area contributed by atoms with Gasteiger partial charge in [-0.1, -0.05) is 23.9 Å². The summed E-state index contributed by atoms with van der Waals surface area (Å²) < 4.78 is 13.4. The van der Waals surface area contributed by atoms with E-state index < -0.39 is 5.97 Å². The van der Waals surface area contributed by atoms with Crippen molar-refractivity contribution < 1.29 is 14.3 Å². The summed E-state index contributed by atoms with van der Waals surface area (Å²) >= 11 is 1.39. The molecule has 0 aliphatic heterocycles. The SMILES string of the molecule is CCOC(=O)c1ccc(Nc2nnc(SCc3cccc(OC)c3)n(-n3cccc3)c2=O)cc1. The molecule has 9 nitrogen and oxygen atoms in total. The van der Waals surface area contributed by atoms with E-state index in [0.29, 0.717) is 28.8 Å². The van der Waals surface area contributed by atoms with Crippen LogP contribution in [0.15, 0.2) is 83.0 Å². The monoisotopic (exact) mass is 477 g/mol. The molecular formula is C24H23N5O4S. The summed E-state index contributed by atoms with van der Waals surface area (Å²) in [6.07, 6.45) is 3.52. The number of esters is 1. The number of nitrogens with one attached hydrogen (secondary N) is 1. The number of anilines is 2. The molecule has 2 aromatic carbocycles. The van der Waals surface area contributed by atoms with Gasteiger partial charge in [0.15, 0.2) is 0 Å². The van der Waals surface area contributed by atoms with Crippen LogP contribution in [-0.2, 0) is 10.5 Å². The number of ether oxygens (including phenoxy) is 2. The Morgan fingerprint density at radius 1 is 1.06 bits per heavy atom. The average Bonchev–Trinajstić information content (AvgIpc) is 3.39. The third-order valence-electron chi connectivity index (χ3n) is 4.79. The second-order valence-electron chi connectivity index (χ2n) is 7.07. The molecule has 4 aromatic rings. The van der Waals surface area contributed by atoms with E-state index in [-0.39, 0.29) is 11.4 Å². The molecule has 0 atom stereocenters. The van der Waals surface area contributed by atoms with Crippen LogP contribution in [0.1, 0.15) is 22.8 Å². The molecule has 0 aliphatic rings. The van der Waals surface area contributed by atoms with Crippen molar-refractivity contribution in [2.45, 2.75) is 17.8 Å². The van der Waals surface area contributed by atoms with Crippen LogP contribution < -0.4 is 15.6 Å². The molecule has 0 spiro atoms. The van der Waals surface area contributed by atoms with Crippen molar-refractivity contribution in [3.8, 4) is 5.75 Å². The molecule has 2 aromatic heterocycles. The molecule has 2 heterocycles. The van der Waals surface area contributed by atoms with E-state index in [9.17, 15) is 9.59 Å². The highest BCUT2D eigenvalue weighted by Gasteiger charge is 2.15. The van der Waals surface area contributed by atoms with Crippen molar-refractivity contribution >= 4 is 29.2 Å². The quantitative estimate of drug-likeness (QED) is 0.286. The predicted molar refractivity (Wildman–Crippen MR) is 130 cm³/mol. The smallest absolute Gasteiger partial charge is 0.338 e. The molecule has 4 rings (SSSR count). The van der Waals surface area contributed by atoms with Gasteiger partial charge in [0.25, 0.3) is 0 Å². The summed E-state index contributed by atoms with van der Waals surface area (Å²) in [4.78, 5) is 25.2. The Kier molecular flexibility index (Phi) is 7.28. The number of aromatic nitrogens is 4. The van der Waals surface area contributed by atoms with Crippen molar-refractivity contribution in [1.82, 2.24) is 19.5 Å². The Morgan fingerprint density at radius 2 is 1.82 bits per heavy atom. The van der Waals surface area contributed by atoms with Gasteiger partial charge in [0.2, 0.25) is 11.0 Å². The Bertz CT molecular complexity index is 1320. The van der Waals surface area contributed by atoms with Crippen LogP contribution in [0, 0.1) is 0 Å². The summed E-state index contributed by atoms with van der Waals surface area (Å²) in [6.45, 7) is 2.05. The number of thioether (sulfide) groups is 1. The van der Waals surface area contributed by atoms with E-state index in [1.807, 2.05) is 36.4 Å². The standard InChI is InChI=1S/C24H23N5O4S/c1-3-33-23(31)18-9-11-19(12-10-18)25-21-22(30)29(28-13-4-5-14-28)24(27-26-21)34-16-17-7-6-8-20(15-17)32-2/h4-15H,3,16H2,1-2H3,(H,25,26). The fraction of sp³-hybridized carbons (Fsp3) is 0.167. The van der Waals surface area contributed by atoms with Crippen LogP contribution in [-0.4, -0.2) is 39.2 Å². The maximum absolute atomic E-state index is 13.3. The Hall–Kier alpha value is -4.05. The molecule has 0 unspecified atom stereocenters. The largest absolute Gasteiger partial charge is 0.497 e. The number of rotatable bonds is 9. The molecule has 0 saturated heterocycles. The van der Waals surface area contributed by atoms with Gasteiger partial charge in [-0.25, -0.2) is 4.79 Å². The fourth-order valence-electron chi connectivity index (χ4n) is 3.15. The van der Waals surface area contributed by atoms with E-state index in [4.69, 9.17) is 9.47 Å². The molecule has 174 valence electrons. The number of carbonyl (C=O) groups excluding carboxylic acids is 1. The van der Waals surface area contributed by atoms with Crippen LogP contribution in [0.2, 0.25) is 0 Å². The topological polar surface area (TPSA) is 100 Å². The van der Waals surface area contributed by atoms with Gasteiger partial charge in [0, 0.05) is 23.8 Å². The zero-order chi connectivity index (χ0) is 23.9. The Balaban J connectivity index is 1.60. The van der Waals surface area contributed by atoms with Crippen LogP contribution >= 0.6 is 11.8 Å². The van der Waals surface area contributed by atoms with Crippen molar-refractivity contribution in [1.29, 1.82) is 0 Å². The summed E-state index contributed by atoms with van der Waals surface area (Å²) in [7, 11) is 1.62. The summed E-state index contributed by atoms with van der Waals surface area (Å²) in [6, 6.07) is 18.0. The van der Waals surface area contributed by atoms with Gasteiger partial charge in [-0.2, -0.15) is 4.68 Å². The van der Waals surface area contributed by atoms with E-state index >= 15 is 0 Å². The molecule has 0 bridgehead atoms. The second kappa shape index (κ2) is 10.7. The zero-order valence-electron chi connectivity index (χ0n) is 18.7. The van der Waals surface area contributed by atoms with Crippen molar-refractivity contribution in [2.24, 2.45) is 0 Å². The first-order chi connectivity index (χ1) is 16.6. The maximum Gasteiger partial charge on any atom is 0.338 e. The van der Waals surface area contributed by atoms with Crippen molar-refractivity contribution in [3.63, 3.8) is 0 Å². The first-order valence-electron chi connectivity index (χ1n) is 10.5. The summed E-state index contributed by atoms with van der Waals surface area (Å²) in [5.74, 6) is 0.999. The van der Waals surface area contributed by atoms with E-state index in [1.165, 1.54) is 16.4 Å². The molecule has 1 N–H and O–H groups in total. The van der Waals surface area contributed by atoms with Crippen LogP contribution in [0.4, 0.5) is 11.5 Å². The first-order valence-corrected chi connectivity index (χ1v) is 11.5. The third kappa shape index (κ3) is 5.29. The number of hydrogen-bond acceptors (Lipinski definition) is 8. The van der Waals surface area contributed by atoms with Gasteiger partial charge < -0.3 is 14.8 Å². The molecule has 0 saturated carbocycles. The van der Waals surface area contributed by atoms with Gasteiger partial charge in [0.1, 0.15) is 5.75 Å². The van der Waals surface area contributed by atoms with Crippen LogP contribution in [0.3, 0.4) is 0 Å². The molecule has 0 amide bonds. The lowest BCUT2D eigenvalue weighted by molar-refractivity contribution is 0.0526. The molecule has 0 fully saturated rings. The average molecular weight is 478 g/mol. The molecule has 0 radical (unpaired) electrons. The lowest BCUT2D eigenvalue weighted by atomic mass is 10.2. The number of hydrogen-bond donors (Lipinski definition) is 1. The Labute approximate surface area is 200 Å². The van der Waals surface area contributed by atoms with E-state index in [0.717, 1.165) is 11.3 Å². The predicted octanol–water partition coefficient (Wildman–Crippen LogP) is 3.97. The molecular weight excluding hydrogens is 454 g/mol. The van der Waals surface area contributed by atoms with E-state index in [2.05, 4.69) is 15.5 Å².